The van der Waals surface area contributed by atoms with E-state index in [1.54, 1.807) is 18.2 Å². The zero-order valence-electron chi connectivity index (χ0n) is 15.3. The first-order chi connectivity index (χ1) is 13.2. The van der Waals surface area contributed by atoms with E-state index < -0.39 is 6.29 Å². The van der Waals surface area contributed by atoms with Gasteiger partial charge >= 0.3 is 0 Å². The Morgan fingerprint density at radius 1 is 0.889 bits per heavy atom. The fraction of sp³-hybridized carbons (Fsp3) is 0.174. The van der Waals surface area contributed by atoms with E-state index in [2.05, 4.69) is 0 Å². The number of carbonyl (C=O) groups is 1. The van der Waals surface area contributed by atoms with Crippen molar-refractivity contribution in [2.24, 2.45) is 0 Å². The van der Waals surface area contributed by atoms with Crippen LogP contribution in [0.3, 0.4) is 0 Å². The number of benzene rings is 3. The number of hydrogen-bond acceptors (Lipinski definition) is 4. The van der Waals surface area contributed by atoms with E-state index >= 15 is 0 Å². The molecule has 0 amide bonds. The second-order valence-electron chi connectivity index (χ2n) is 5.78. The second-order valence-corrected chi connectivity index (χ2v) is 5.78. The quantitative estimate of drug-likeness (QED) is 0.494. The van der Waals surface area contributed by atoms with E-state index in [4.69, 9.17) is 9.47 Å². The lowest BCUT2D eigenvalue weighted by molar-refractivity contribution is -0.00251. The van der Waals surface area contributed by atoms with Gasteiger partial charge in [-0.05, 0) is 30.7 Å². The van der Waals surface area contributed by atoms with Crippen LogP contribution in [-0.4, -0.2) is 24.3 Å². The Kier molecular flexibility index (Phi) is 8.60. The van der Waals surface area contributed by atoms with Crippen LogP contribution in [0, 0.1) is 0 Å². The van der Waals surface area contributed by atoms with Crippen LogP contribution in [0.2, 0.25) is 0 Å². The fourth-order valence-corrected chi connectivity index (χ4v) is 2.30. The monoisotopic (exact) mass is 364 g/mol. The van der Waals surface area contributed by atoms with Gasteiger partial charge in [-0.25, -0.2) is 0 Å². The molecule has 0 aromatic heterocycles. The van der Waals surface area contributed by atoms with Gasteiger partial charge in [0.05, 0.1) is 6.61 Å². The molecular weight excluding hydrogens is 340 g/mol. The zero-order valence-corrected chi connectivity index (χ0v) is 15.3. The molecule has 27 heavy (non-hydrogen) atoms. The van der Waals surface area contributed by atoms with Crippen LogP contribution in [0.15, 0.2) is 84.9 Å². The van der Waals surface area contributed by atoms with Crippen molar-refractivity contribution >= 4 is 6.29 Å². The molecule has 1 unspecified atom stereocenters. The van der Waals surface area contributed by atoms with Crippen molar-refractivity contribution in [3.8, 4) is 11.5 Å². The number of ether oxygens (including phenoxy) is 2. The average Bonchev–Trinajstić information content (AvgIpc) is 2.71. The van der Waals surface area contributed by atoms with Crippen LogP contribution in [-0.2, 0) is 6.42 Å². The molecule has 3 aromatic rings. The lowest BCUT2D eigenvalue weighted by Crippen LogP contribution is -2.11. The molecule has 4 heteroatoms. The highest BCUT2D eigenvalue weighted by molar-refractivity contribution is 5.76. The summed E-state index contributed by atoms with van der Waals surface area (Å²) in [5.41, 5.74) is 1.65. The summed E-state index contributed by atoms with van der Waals surface area (Å²) < 4.78 is 11.0. The summed E-state index contributed by atoms with van der Waals surface area (Å²) in [6, 6.07) is 26.9. The number of aldehydes is 1. The highest BCUT2D eigenvalue weighted by Crippen LogP contribution is 2.28. The number of rotatable bonds is 7. The van der Waals surface area contributed by atoms with E-state index in [9.17, 15) is 9.90 Å². The summed E-state index contributed by atoms with van der Waals surface area (Å²) in [5.74, 6) is 0.875. The van der Waals surface area contributed by atoms with Gasteiger partial charge in [0, 0.05) is 12.0 Å². The molecule has 0 aliphatic heterocycles. The minimum Gasteiger partial charge on any atom is -0.489 e. The first-order valence-electron chi connectivity index (χ1n) is 8.79. The van der Waals surface area contributed by atoms with Crippen molar-refractivity contribution in [2.45, 2.75) is 19.6 Å². The topological polar surface area (TPSA) is 55.8 Å². The highest BCUT2D eigenvalue weighted by atomic mass is 16.6. The summed E-state index contributed by atoms with van der Waals surface area (Å²) >= 11 is 0. The van der Waals surface area contributed by atoms with Gasteiger partial charge in [0.15, 0.2) is 17.8 Å². The molecule has 0 spiro atoms. The van der Waals surface area contributed by atoms with Gasteiger partial charge in [-0.3, -0.25) is 4.79 Å². The van der Waals surface area contributed by atoms with Crippen molar-refractivity contribution in [2.75, 3.05) is 6.61 Å². The summed E-state index contributed by atoms with van der Waals surface area (Å²) in [5, 5.41) is 9.33. The predicted octanol–water partition coefficient (Wildman–Crippen LogP) is 4.52. The van der Waals surface area contributed by atoms with Crippen LogP contribution >= 0.6 is 0 Å². The maximum absolute atomic E-state index is 10.8. The van der Waals surface area contributed by atoms with Gasteiger partial charge in [-0.2, -0.15) is 0 Å². The van der Waals surface area contributed by atoms with Crippen molar-refractivity contribution in [3.05, 3.63) is 96.1 Å². The minimum atomic E-state index is -0.969. The minimum absolute atomic E-state index is 0.364. The Balaban J connectivity index is 0.000000369. The molecule has 0 fully saturated rings. The molecule has 0 aliphatic carbocycles. The second kappa shape index (κ2) is 11.5. The molecule has 4 nitrogen and oxygen atoms in total. The molecule has 1 atom stereocenters. The molecule has 0 saturated carbocycles. The van der Waals surface area contributed by atoms with E-state index in [0.717, 1.165) is 12.7 Å². The van der Waals surface area contributed by atoms with E-state index in [1.807, 2.05) is 66.7 Å². The van der Waals surface area contributed by atoms with Gasteiger partial charge in [0.1, 0.15) is 6.29 Å². The van der Waals surface area contributed by atoms with Crippen LogP contribution in [0.5, 0.6) is 11.5 Å². The zero-order chi connectivity index (χ0) is 19.3. The Morgan fingerprint density at radius 2 is 1.48 bits per heavy atom. The van der Waals surface area contributed by atoms with Gasteiger partial charge < -0.3 is 14.6 Å². The molecule has 0 radical (unpaired) electrons. The summed E-state index contributed by atoms with van der Waals surface area (Å²) in [6.45, 7) is 1.99. The van der Waals surface area contributed by atoms with Gasteiger partial charge in [0.2, 0.25) is 0 Å². The Labute approximate surface area is 160 Å². The van der Waals surface area contributed by atoms with Crippen LogP contribution < -0.4 is 9.47 Å². The molecule has 3 aromatic carbocycles. The third kappa shape index (κ3) is 7.75. The van der Waals surface area contributed by atoms with Crippen LogP contribution in [0.4, 0.5) is 0 Å². The van der Waals surface area contributed by atoms with Crippen molar-refractivity contribution < 1.29 is 19.4 Å². The third-order valence-corrected chi connectivity index (χ3v) is 3.56. The fourth-order valence-electron chi connectivity index (χ4n) is 2.30. The van der Waals surface area contributed by atoms with E-state index in [1.165, 1.54) is 12.5 Å². The molecule has 1 N–H and O–H groups in total. The number of hydrogen-bond donors (Lipinski definition) is 1. The lowest BCUT2D eigenvalue weighted by Gasteiger charge is -2.14. The van der Waals surface area contributed by atoms with E-state index in [0.29, 0.717) is 23.7 Å². The summed E-state index contributed by atoms with van der Waals surface area (Å²) in [7, 11) is 0. The standard InChI is InChI=1S/C17H18O4.C6H6/c1-13(19)21-17-11-15(12-18)7-8-16(17)20-10-9-14-5-3-2-4-6-14;1-2-4-6-5-3-1/h2-8,11-13,19H,9-10H2,1H3;1-6H. The molecule has 0 saturated heterocycles. The SMILES string of the molecule is CC(O)Oc1cc(C=O)ccc1OCCc1ccccc1.c1ccccc1. The number of carbonyl (C=O) groups excluding carboxylic acids is 1. The van der Waals surface area contributed by atoms with E-state index in [-0.39, 0.29) is 0 Å². The Hall–Kier alpha value is -3.11. The normalized spacial score (nSPS) is 10.9. The van der Waals surface area contributed by atoms with Crippen LogP contribution in [0.25, 0.3) is 0 Å². The van der Waals surface area contributed by atoms with Crippen molar-refractivity contribution in [1.82, 2.24) is 0 Å². The maximum Gasteiger partial charge on any atom is 0.194 e. The Morgan fingerprint density at radius 3 is 2.04 bits per heavy atom. The van der Waals surface area contributed by atoms with Crippen LogP contribution in [0.1, 0.15) is 22.8 Å². The maximum atomic E-state index is 10.8. The molecule has 140 valence electrons. The summed E-state index contributed by atoms with van der Waals surface area (Å²) in [6.07, 6.45) is 0.524. The molecule has 3 rings (SSSR count). The number of aliphatic hydroxyl groups is 1. The first kappa shape index (κ1) is 20.2. The van der Waals surface area contributed by atoms with Gasteiger partial charge in [-0.1, -0.05) is 66.7 Å². The van der Waals surface area contributed by atoms with Crippen molar-refractivity contribution in [3.63, 3.8) is 0 Å². The lowest BCUT2D eigenvalue weighted by atomic mass is 10.2. The third-order valence-electron chi connectivity index (χ3n) is 3.56. The first-order valence-corrected chi connectivity index (χ1v) is 8.79. The van der Waals surface area contributed by atoms with Crippen molar-refractivity contribution in [1.29, 1.82) is 0 Å². The summed E-state index contributed by atoms with van der Waals surface area (Å²) in [4.78, 5) is 10.8. The predicted molar refractivity (Wildman–Crippen MR) is 106 cm³/mol. The molecular formula is C23H24O4. The largest absolute Gasteiger partial charge is 0.489 e. The average molecular weight is 364 g/mol. The molecule has 0 aliphatic rings. The Bertz CT molecular complexity index is 759. The number of aliphatic hydroxyl groups excluding tert-OH is 1. The van der Waals surface area contributed by atoms with Gasteiger partial charge in [-0.15, -0.1) is 0 Å². The highest BCUT2D eigenvalue weighted by Gasteiger charge is 2.09. The smallest absolute Gasteiger partial charge is 0.194 e. The van der Waals surface area contributed by atoms with Gasteiger partial charge in [0.25, 0.3) is 0 Å². The molecule has 0 bridgehead atoms. The molecule has 0 heterocycles.